The quantitative estimate of drug-likeness (QED) is 0.531. The van der Waals surface area contributed by atoms with E-state index in [1.807, 2.05) is 60.7 Å². The number of hydrogen-bond donors (Lipinski definition) is 2. The topological polar surface area (TPSA) is 95.9 Å². The van der Waals surface area contributed by atoms with E-state index in [9.17, 15) is 19.5 Å². The van der Waals surface area contributed by atoms with Gasteiger partial charge < -0.3 is 20.1 Å². The molecule has 2 aromatic carbocycles. The zero-order valence-electron chi connectivity index (χ0n) is 16.1. The maximum atomic E-state index is 12.7. The monoisotopic (exact) mass is 426 g/mol. The first-order valence-electron chi connectivity index (χ1n) is 9.70. The summed E-state index contributed by atoms with van der Waals surface area (Å²) in [5.74, 6) is -0.993. The fraction of sp³-hybridized carbons (Fsp3) is 0.318. The fourth-order valence-corrected chi connectivity index (χ4v) is 5.00. The number of amides is 2. The lowest BCUT2D eigenvalue weighted by Crippen LogP contribution is -2.76. The number of aliphatic hydroxyl groups excluding tert-OH is 1. The van der Waals surface area contributed by atoms with Crippen molar-refractivity contribution in [3.63, 3.8) is 0 Å². The number of hydrogen-bond acceptors (Lipinski definition) is 6. The van der Waals surface area contributed by atoms with Crippen LogP contribution in [0.1, 0.15) is 11.1 Å². The van der Waals surface area contributed by atoms with Gasteiger partial charge in [-0.3, -0.25) is 9.59 Å². The molecule has 0 aliphatic carbocycles. The van der Waals surface area contributed by atoms with Crippen LogP contribution in [0.15, 0.2) is 60.7 Å². The van der Waals surface area contributed by atoms with E-state index in [0.717, 1.165) is 11.1 Å². The van der Waals surface area contributed by atoms with E-state index in [1.54, 1.807) is 0 Å². The van der Waals surface area contributed by atoms with Gasteiger partial charge in [0.15, 0.2) is 6.04 Å². The molecule has 2 fully saturated rings. The molecule has 0 bridgehead atoms. The Kier molecular flexibility index (Phi) is 6.06. The predicted molar refractivity (Wildman–Crippen MR) is 111 cm³/mol. The van der Waals surface area contributed by atoms with Crippen molar-refractivity contribution in [2.24, 2.45) is 0 Å². The van der Waals surface area contributed by atoms with Crippen molar-refractivity contribution >= 4 is 29.5 Å². The smallest absolute Gasteiger partial charge is 0.331 e. The van der Waals surface area contributed by atoms with Crippen LogP contribution >= 0.6 is 11.8 Å². The standard InChI is InChI=1S/C22H22N2O5S/c25-16-13-30-21-18(23-17(26)11-14-7-3-1-4-8-14)20(27)24(21)19(16)22(28)29-12-15-9-5-2-6-10-15/h1-10,16,18-19,21,25H,11-13H2,(H,23,26)/t16?,18-,19?,21-/m1/s1. The van der Waals surface area contributed by atoms with Gasteiger partial charge in [0.25, 0.3) is 0 Å². The molecule has 30 heavy (non-hydrogen) atoms. The summed E-state index contributed by atoms with van der Waals surface area (Å²) < 4.78 is 5.34. The van der Waals surface area contributed by atoms with Crippen LogP contribution in [0, 0.1) is 0 Å². The number of carbonyl (C=O) groups excluding carboxylic acids is 3. The second-order valence-corrected chi connectivity index (χ2v) is 8.43. The first-order valence-corrected chi connectivity index (χ1v) is 10.7. The van der Waals surface area contributed by atoms with Gasteiger partial charge in [0, 0.05) is 5.75 Å². The van der Waals surface area contributed by atoms with Crippen LogP contribution in [-0.2, 0) is 32.1 Å². The molecule has 0 radical (unpaired) electrons. The number of aliphatic hydroxyl groups is 1. The van der Waals surface area contributed by atoms with Gasteiger partial charge >= 0.3 is 5.97 Å². The highest BCUT2D eigenvalue weighted by Crippen LogP contribution is 2.38. The summed E-state index contributed by atoms with van der Waals surface area (Å²) in [7, 11) is 0. The molecule has 2 amide bonds. The van der Waals surface area contributed by atoms with Gasteiger partial charge in [0.05, 0.1) is 12.5 Å². The van der Waals surface area contributed by atoms with Gasteiger partial charge in [-0.05, 0) is 11.1 Å². The fourth-order valence-electron chi connectivity index (χ4n) is 3.66. The van der Waals surface area contributed by atoms with Crippen LogP contribution < -0.4 is 5.32 Å². The largest absolute Gasteiger partial charge is 0.459 e. The molecule has 2 saturated heterocycles. The number of fused-ring (bicyclic) bond motifs is 1. The highest BCUT2D eigenvalue weighted by molar-refractivity contribution is 8.00. The average molecular weight is 426 g/mol. The normalized spacial score (nSPS) is 25.1. The van der Waals surface area contributed by atoms with Crippen molar-refractivity contribution in [2.45, 2.75) is 36.6 Å². The minimum Gasteiger partial charge on any atom is -0.459 e. The summed E-state index contributed by atoms with van der Waals surface area (Å²) in [4.78, 5) is 39.0. The summed E-state index contributed by atoms with van der Waals surface area (Å²) in [5.41, 5.74) is 1.68. The van der Waals surface area contributed by atoms with Crippen LogP contribution in [0.25, 0.3) is 0 Å². The second kappa shape index (κ2) is 8.89. The molecule has 8 heteroatoms. The minimum absolute atomic E-state index is 0.0694. The Hall–Kier alpha value is -2.84. The Morgan fingerprint density at radius 1 is 1.07 bits per heavy atom. The molecule has 2 N–H and O–H groups in total. The third-order valence-corrected chi connectivity index (χ3v) is 6.55. The van der Waals surface area contributed by atoms with E-state index in [1.165, 1.54) is 16.7 Å². The van der Waals surface area contributed by atoms with Crippen LogP contribution in [0.4, 0.5) is 0 Å². The van der Waals surface area contributed by atoms with Crippen LogP contribution in [-0.4, -0.2) is 57.1 Å². The molecular formula is C22H22N2O5S. The first kappa shape index (κ1) is 20.4. The number of nitrogens with one attached hydrogen (secondary N) is 1. The second-order valence-electron chi connectivity index (χ2n) is 7.28. The van der Waals surface area contributed by atoms with Gasteiger partial charge in [0.2, 0.25) is 11.8 Å². The van der Waals surface area contributed by atoms with Gasteiger partial charge in [-0.1, -0.05) is 60.7 Å². The molecule has 7 nitrogen and oxygen atoms in total. The zero-order chi connectivity index (χ0) is 21.1. The Bertz CT molecular complexity index is 924. The lowest BCUT2D eigenvalue weighted by atomic mass is 9.99. The van der Waals surface area contributed by atoms with Crippen molar-refractivity contribution in [3.8, 4) is 0 Å². The Morgan fingerprint density at radius 2 is 1.70 bits per heavy atom. The molecule has 2 aliphatic rings. The molecular weight excluding hydrogens is 404 g/mol. The van der Waals surface area contributed by atoms with Gasteiger partial charge in [-0.15, -0.1) is 11.8 Å². The van der Waals surface area contributed by atoms with Crippen LogP contribution in [0.2, 0.25) is 0 Å². The molecule has 156 valence electrons. The number of carbonyl (C=O) groups is 3. The maximum absolute atomic E-state index is 12.7. The summed E-state index contributed by atoms with van der Waals surface area (Å²) in [6, 6.07) is 16.7. The van der Waals surface area contributed by atoms with E-state index >= 15 is 0 Å². The molecule has 0 spiro atoms. The molecule has 2 aliphatic heterocycles. The van der Waals surface area contributed by atoms with Gasteiger partial charge in [-0.25, -0.2) is 4.79 Å². The molecule has 2 heterocycles. The average Bonchev–Trinajstić information content (AvgIpc) is 2.77. The Morgan fingerprint density at radius 3 is 2.37 bits per heavy atom. The number of rotatable bonds is 6. The van der Waals surface area contributed by atoms with E-state index in [0.29, 0.717) is 0 Å². The summed E-state index contributed by atoms with van der Waals surface area (Å²) in [5, 5.41) is 12.7. The molecule has 2 unspecified atom stereocenters. The number of thioether (sulfide) groups is 1. The lowest BCUT2D eigenvalue weighted by molar-refractivity contribution is -0.172. The third-order valence-electron chi connectivity index (χ3n) is 5.17. The van der Waals surface area contributed by atoms with Crippen molar-refractivity contribution in [2.75, 3.05) is 5.75 Å². The maximum Gasteiger partial charge on any atom is 0.331 e. The van der Waals surface area contributed by atoms with Crippen molar-refractivity contribution < 1.29 is 24.2 Å². The molecule has 4 rings (SSSR count). The molecule has 2 aromatic rings. The predicted octanol–water partition coefficient (Wildman–Crippen LogP) is 1.10. The van der Waals surface area contributed by atoms with E-state index in [-0.39, 0.29) is 30.6 Å². The Labute approximate surface area is 178 Å². The molecule has 0 saturated carbocycles. The van der Waals surface area contributed by atoms with Crippen LogP contribution in [0.3, 0.4) is 0 Å². The van der Waals surface area contributed by atoms with E-state index in [4.69, 9.17) is 4.74 Å². The highest BCUT2D eigenvalue weighted by atomic mass is 32.2. The summed E-state index contributed by atoms with van der Waals surface area (Å²) in [6.45, 7) is 0.0694. The lowest BCUT2D eigenvalue weighted by Gasteiger charge is -2.53. The number of ether oxygens (including phenoxy) is 1. The van der Waals surface area contributed by atoms with Gasteiger partial charge in [-0.2, -0.15) is 0 Å². The van der Waals surface area contributed by atoms with Crippen molar-refractivity contribution in [1.29, 1.82) is 0 Å². The zero-order valence-corrected chi connectivity index (χ0v) is 17.0. The van der Waals surface area contributed by atoms with Crippen molar-refractivity contribution in [3.05, 3.63) is 71.8 Å². The van der Waals surface area contributed by atoms with E-state index < -0.39 is 29.5 Å². The van der Waals surface area contributed by atoms with Crippen LogP contribution in [0.5, 0.6) is 0 Å². The first-order chi connectivity index (χ1) is 14.5. The van der Waals surface area contributed by atoms with E-state index in [2.05, 4.69) is 5.32 Å². The minimum atomic E-state index is -1.06. The number of nitrogens with zero attached hydrogens (tertiary/aromatic N) is 1. The summed E-state index contributed by atoms with van der Waals surface area (Å²) >= 11 is 1.35. The number of benzene rings is 2. The third kappa shape index (κ3) is 4.20. The van der Waals surface area contributed by atoms with Gasteiger partial charge in [0.1, 0.15) is 18.0 Å². The molecule has 0 aromatic heterocycles. The number of esters is 1. The number of β-lactam (4-membered cyclic amide) rings is 1. The SMILES string of the molecule is O=C(Cc1ccccc1)N[C@@H]1C(=O)N2C(C(=O)OCc3ccccc3)C(O)CS[C@H]12. The highest BCUT2D eigenvalue weighted by Gasteiger charge is 2.58. The molecule has 4 atom stereocenters. The van der Waals surface area contributed by atoms with Crippen molar-refractivity contribution in [1.82, 2.24) is 10.2 Å². The Balaban J connectivity index is 1.37. The summed E-state index contributed by atoms with van der Waals surface area (Å²) in [6.07, 6.45) is -0.841.